The third-order valence-corrected chi connectivity index (χ3v) is 5.05. The molecule has 2 N–H and O–H groups in total. The van der Waals surface area contributed by atoms with Crippen LogP contribution in [0.1, 0.15) is 39.0 Å². The van der Waals surface area contributed by atoms with Crippen molar-refractivity contribution in [2.24, 2.45) is 0 Å². The highest BCUT2D eigenvalue weighted by molar-refractivity contribution is 7.87. The summed E-state index contributed by atoms with van der Waals surface area (Å²) in [6.07, 6.45) is 4.87. The molecule has 6 heteroatoms. The zero-order valence-corrected chi connectivity index (χ0v) is 11.3. The fourth-order valence-corrected chi connectivity index (χ4v) is 4.07. The molecule has 1 saturated heterocycles. The lowest BCUT2D eigenvalue weighted by atomic mass is 10.1. The molecule has 0 spiro atoms. The van der Waals surface area contributed by atoms with Crippen LogP contribution in [0.15, 0.2) is 0 Å². The summed E-state index contributed by atoms with van der Waals surface area (Å²) in [5.74, 6) is 0. The van der Waals surface area contributed by atoms with Gasteiger partial charge in [0.2, 0.25) is 0 Å². The second-order valence-electron chi connectivity index (χ2n) is 5.01. The first-order chi connectivity index (χ1) is 8.13. The predicted octanol–water partition coefficient (Wildman–Crippen LogP) is 0.447. The first-order valence-electron chi connectivity index (χ1n) is 6.63. The van der Waals surface area contributed by atoms with Gasteiger partial charge < -0.3 is 5.32 Å². The molecule has 5 nitrogen and oxygen atoms in total. The Morgan fingerprint density at radius 2 is 2.12 bits per heavy atom. The highest BCUT2D eigenvalue weighted by atomic mass is 32.2. The van der Waals surface area contributed by atoms with Crippen LogP contribution in [0.25, 0.3) is 0 Å². The van der Waals surface area contributed by atoms with E-state index in [9.17, 15) is 8.42 Å². The average Bonchev–Trinajstić information content (AvgIpc) is 3.10. The summed E-state index contributed by atoms with van der Waals surface area (Å²) in [7, 11) is -3.28. The minimum Gasteiger partial charge on any atom is -0.315 e. The van der Waals surface area contributed by atoms with Crippen molar-refractivity contribution in [3.05, 3.63) is 0 Å². The van der Waals surface area contributed by atoms with Crippen LogP contribution >= 0.6 is 0 Å². The van der Waals surface area contributed by atoms with Gasteiger partial charge in [0.15, 0.2) is 0 Å². The molecule has 2 rings (SSSR count). The van der Waals surface area contributed by atoms with Crippen molar-refractivity contribution < 1.29 is 8.42 Å². The van der Waals surface area contributed by atoms with E-state index in [2.05, 4.69) is 10.0 Å². The normalized spacial score (nSPS) is 26.4. The summed E-state index contributed by atoms with van der Waals surface area (Å²) in [6.45, 7) is 4.43. The highest BCUT2D eigenvalue weighted by Gasteiger charge is 2.34. The van der Waals surface area contributed by atoms with E-state index in [1.165, 1.54) is 0 Å². The molecule has 1 aliphatic heterocycles. The van der Waals surface area contributed by atoms with Crippen molar-refractivity contribution in [2.75, 3.05) is 19.6 Å². The smallest absolute Gasteiger partial charge is 0.279 e. The molecule has 0 aromatic carbocycles. The van der Waals surface area contributed by atoms with Gasteiger partial charge in [-0.1, -0.05) is 6.92 Å². The van der Waals surface area contributed by atoms with Gasteiger partial charge in [-0.05, 0) is 38.6 Å². The van der Waals surface area contributed by atoms with Gasteiger partial charge in [-0.3, -0.25) is 0 Å². The van der Waals surface area contributed by atoms with Crippen LogP contribution in [0.5, 0.6) is 0 Å². The van der Waals surface area contributed by atoms with Gasteiger partial charge >= 0.3 is 0 Å². The van der Waals surface area contributed by atoms with Gasteiger partial charge in [0, 0.05) is 25.2 Å². The van der Waals surface area contributed by atoms with Crippen molar-refractivity contribution >= 4 is 10.2 Å². The Kier molecular flexibility index (Phi) is 4.41. The molecule has 1 saturated carbocycles. The quantitative estimate of drug-likeness (QED) is 0.729. The van der Waals surface area contributed by atoms with Crippen molar-refractivity contribution in [1.82, 2.24) is 14.3 Å². The topological polar surface area (TPSA) is 61.4 Å². The average molecular weight is 261 g/mol. The molecule has 1 heterocycles. The van der Waals surface area contributed by atoms with E-state index in [4.69, 9.17) is 0 Å². The van der Waals surface area contributed by atoms with Gasteiger partial charge in [0.1, 0.15) is 0 Å². The number of piperidine rings is 1. The fourth-order valence-electron chi connectivity index (χ4n) is 2.28. The molecule has 2 aliphatic rings. The SMILES string of the molecule is CCCN(C1CCCNC1)S(=O)(=O)NC1CC1. The highest BCUT2D eigenvalue weighted by Crippen LogP contribution is 2.22. The van der Waals surface area contributed by atoms with E-state index in [0.717, 1.165) is 45.2 Å². The summed E-state index contributed by atoms with van der Waals surface area (Å²) >= 11 is 0. The molecule has 0 radical (unpaired) electrons. The number of hydrogen-bond acceptors (Lipinski definition) is 3. The molecule has 17 heavy (non-hydrogen) atoms. The van der Waals surface area contributed by atoms with Gasteiger partial charge in [-0.15, -0.1) is 0 Å². The Bertz CT molecular complexity index is 335. The largest absolute Gasteiger partial charge is 0.315 e. The van der Waals surface area contributed by atoms with Crippen LogP contribution in [0, 0.1) is 0 Å². The molecule has 1 unspecified atom stereocenters. The zero-order chi connectivity index (χ0) is 12.3. The number of rotatable bonds is 6. The van der Waals surface area contributed by atoms with Gasteiger partial charge in [-0.2, -0.15) is 17.4 Å². The van der Waals surface area contributed by atoms with Crippen LogP contribution in [0.4, 0.5) is 0 Å². The third-order valence-electron chi connectivity index (χ3n) is 3.32. The van der Waals surface area contributed by atoms with Crippen LogP contribution in [-0.4, -0.2) is 44.4 Å². The van der Waals surface area contributed by atoms with E-state index >= 15 is 0 Å². The van der Waals surface area contributed by atoms with Crippen LogP contribution in [0.3, 0.4) is 0 Å². The molecule has 0 amide bonds. The first kappa shape index (κ1) is 13.3. The fraction of sp³-hybridized carbons (Fsp3) is 1.00. The first-order valence-corrected chi connectivity index (χ1v) is 8.07. The van der Waals surface area contributed by atoms with Crippen LogP contribution < -0.4 is 10.0 Å². The second-order valence-corrected chi connectivity index (χ2v) is 6.66. The molecule has 100 valence electrons. The Morgan fingerprint density at radius 1 is 1.35 bits per heavy atom. The van der Waals surface area contributed by atoms with E-state index in [1.807, 2.05) is 6.92 Å². The summed E-state index contributed by atoms with van der Waals surface area (Å²) in [5, 5.41) is 3.28. The Hall–Kier alpha value is -0.170. The minimum atomic E-state index is -3.28. The molecule has 1 aliphatic carbocycles. The lowest BCUT2D eigenvalue weighted by molar-refractivity contribution is 0.263. The maximum absolute atomic E-state index is 12.3. The predicted molar refractivity (Wildman–Crippen MR) is 68.0 cm³/mol. The zero-order valence-electron chi connectivity index (χ0n) is 10.5. The van der Waals surface area contributed by atoms with Crippen molar-refractivity contribution in [3.63, 3.8) is 0 Å². The van der Waals surface area contributed by atoms with Crippen LogP contribution in [0.2, 0.25) is 0 Å². The van der Waals surface area contributed by atoms with Gasteiger partial charge in [-0.25, -0.2) is 0 Å². The van der Waals surface area contributed by atoms with Crippen molar-refractivity contribution in [2.45, 2.75) is 51.1 Å². The van der Waals surface area contributed by atoms with Crippen molar-refractivity contribution in [3.8, 4) is 0 Å². The van der Waals surface area contributed by atoms with Gasteiger partial charge in [0.05, 0.1) is 0 Å². The van der Waals surface area contributed by atoms with Gasteiger partial charge in [0.25, 0.3) is 10.2 Å². The minimum absolute atomic E-state index is 0.125. The second kappa shape index (κ2) is 5.65. The number of nitrogens with zero attached hydrogens (tertiary/aromatic N) is 1. The lowest BCUT2D eigenvalue weighted by Gasteiger charge is -2.33. The number of nitrogens with one attached hydrogen (secondary N) is 2. The maximum atomic E-state index is 12.3. The Labute approximate surface area is 104 Å². The Balaban J connectivity index is 2.03. The standard InChI is InChI=1S/C11H23N3O2S/c1-2-8-14(11-4-3-7-12-9-11)17(15,16)13-10-5-6-10/h10-13H,2-9H2,1H3. The molecule has 0 bridgehead atoms. The Morgan fingerprint density at radius 3 is 2.65 bits per heavy atom. The molecule has 0 aromatic heterocycles. The molecule has 1 atom stereocenters. The lowest BCUT2D eigenvalue weighted by Crippen LogP contribution is -2.52. The molecule has 0 aromatic rings. The monoisotopic (exact) mass is 261 g/mol. The summed E-state index contributed by atoms with van der Waals surface area (Å²) < 4.78 is 29.0. The molecular formula is C11H23N3O2S. The van der Waals surface area contributed by atoms with E-state index in [1.54, 1.807) is 4.31 Å². The summed E-state index contributed by atoms with van der Waals surface area (Å²) in [6, 6.07) is 0.316. The third kappa shape index (κ3) is 3.64. The molecular weight excluding hydrogens is 238 g/mol. The molecule has 2 fully saturated rings. The van der Waals surface area contributed by atoms with E-state index in [-0.39, 0.29) is 12.1 Å². The maximum Gasteiger partial charge on any atom is 0.279 e. The van der Waals surface area contributed by atoms with E-state index in [0.29, 0.717) is 6.54 Å². The summed E-state index contributed by atoms with van der Waals surface area (Å²) in [4.78, 5) is 0. The van der Waals surface area contributed by atoms with E-state index < -0.39 is 10.2 Å². The number of hydrogen-bond donors (Lipinski definition) is 2. The summed E-state index contributed by atoms with van der Waals surface area (Å²) in [5.41, 5.74) is 0. The van der Waals surface area contributed by atoms with Crippen molar-refractivity contribution in [1.29, 1.82) is 0 Å². The van der Waals surface area contributed by atoms with Crippen LogP contribution in [-0.2, 0) is 10.2 Å².